The summed E-state index contributed by atoms with van der Waals surface area (Å²) in [6.45, 7) is 0. The molecule has 8 aromatic rings. The third-order valence-corrected chi connectivity index (χ3v) is 11.5. The first-order valence-electron chi connectivity index (χ1n) is 15.5. The summed E-state index contributed by atoms with van der Waals surface area (Å²) in [5, 5.41) is 5.31. The van der Waals surface area contributed by atoms with E-state index in [2.05, 4.69) is 163 Å². The third-order valence-electron chi connectivity index (χ3n) is 9.03. The summed E-state index contributed by atoms with van der Waals surface area (Å²) < 4.78 is 5.33. The van der Waals surface area contributed by atoms with Crippen LogP contribution in [0.25, 0.3) is 51.5 Å². The van der Waals surface area contributed by atoms with Crippen LogP contribution < -0.4 is 4.90 Å². The number of benzene rings is 6. The van der Waals surface area contributed by atoms with E-state index in [4.69, 9.17) is 0 Å². The van der Waals surface area contributed by atoms with Crippen LogP contribution >= 0.6 is 22.7 Å². The van der Waals surface area contributed by atoms with E-state index in [0.29, 0.717) is 5.92 Å². The highest BCUT2D eigenvalue weighted by Gasteiger charge is 2.21. The minimum absolute atomic E-state index is 0.390. The fourth-order valence-electron chi connectivity index (χ4n) is 6.82. The van der Waals surface area contributed by atoms with Gasteiger partial charge >= 0.3 is 0 Å². The molecule has 2 aromatic heterocycles. The maximum Gasteiger partial charge on any atom is 0.0640 e. The van der Waals surface area contributed by atoms with Crippen LogP contribution in [0, 0.1) is 0 Å². The molecule has 214 valence electrons. The number of rotatable bonds is 5. The molecule has 0 N–H and O–H groups in total. The highest BCUT2D eigenvalue weighted by molar-refractivity contribution is 7.26. The predicted octanol–water partition coefficient (Wildman–Crippen LogP) is 12.9. The number of hydrogen-bond acceptors (Lipinski definition) is 3. The molecule has 0 aliphatic heterocycles. The summed E-state index contributed by atoms with van der Waals surface area (Å²) in [6.07, 6.45) is 8.08. The molecular weight excluding hydrogens is 583 g/mol. The Morgan fingerprint density at radius 2 is 1.16 bits per heavy atom. The van der Waals surface area contributed by atoms with Crippen molar-refractivity contribution >= 4 is 74.4 Å². The predicted molar refractivity (Wildman–Crippen MR) is 197 cm³/mol. The van der Waals surface area contributed by atoms with Gasteiger partial charge < -0.3 is 4.90 Å². The zero-order valence-electron chi connectivity index (χ0n) is 24.6. The van der Waals surface area contributed by atoms with Crippen molar-refractivity contribution in [3.05, 3.63) is 169 Å². The smallest absolute Gasteiger partial charge is 0.0640 e. The Balaban J connectivity index is 1.17. The first-order chi connectivity index (χ1) is 22.3. The van der Waals surface area contributed by atoms with Crippen molar-refractivity contribution in [2.45, 2.75) is 12.3 Å². The van der Waals surface area contributed by atoms with Gasteiger partial charge in [0.15, 0.2) is 0 Å². The largest absolute Gasteiger partial charge is 0.309 e. The van der Waals surface area contributed by atoms with Crippen LogP contribution in [0.2, 0.25) is 0 Å². The minimum Gasteiger partial charge on any atom is -0.309 e. The Hall–Kier alpha value is -4.96. The Bertz CT molecular complexity index is 2410. The molecule has 0 saturated heterocycles. The third kappa shape index (κ3) is 4.50. The van der Waals surface area contributed by atoms with E-state index in [1.54, 1.807) is 0 Å². The molecule has 1 atom stereocenters. The molecule has 0 radical (unpaired) electrons. The number of nitrogens with zero attached hydrogens (tertiary/aromatic N) is 1. The summed E-state index contributed by atoms with van der Waals surface area (Å²) in [5.74, 6) is 0.390. The van der Waals surface area contributed by atoms with Crippen LogP contribution in [0.3, 0.4) is 0 Å². The van der Waals surface area contributed by atoms with Crippen molar-refractivity contribution in [1.29, 1.82) is 0 Å². The van der Waals surface area contributed by atoms with Gasteiger partial charge in [-0.1, -0.05) is 121 Å². The van der Waals surface area contributed by atoms with Crippen LogP contribution in [-0.4, -0.2) is 0 Å². The summed E-state index contributed by atoms with van der Waals surface area (Å²) in [4.78, 5) is 2.46. The van der Waals surface area contributed by atoms with Crippen molar-refractivity contribution in [3.8, 4) is 11.1 Å². The van der Waals surface area contributed by atoms with Crippen molar-refractivity contribution in [3.63, 3.8) is 0 Å². The van der Waals surface area contributed by atoms with Gasteiger partial charge in [-0.2, -0.15) is 0 Å². The van der Waals surface area contributed by atoms with Crippen molar-refractivity contribution in [2.24, 2.45) is 0 Å². The maximum atomic E-state index is 2.46. The molecule has 9 rings (SSSR count). The van der Waals surface area contributed by atoms with Gasteiger partial charge in [0.1, 0.15) is 0 Å². The molecule has 0 fully saturated rings. The van der Waals surface area contributed by atoms with Gasteiger partial charge in [-0.15, -0.1) is 22.7 Å². The molecule has 2 heterocycles. The van der Waals surface area contributed by atoms with Gasteiger partial charge in [0, 0.05) is 52.9 Å². The van der Waals surface area contributed by atoms with E-state index in [-0.39, 0.29) is 0 Å². The average molecular weight is 612 g/mol. The van der Waals surface area contributed by atoms with Gasteiger partial charge in [-0.05, 0) is 59.5 Å². The average Bonchev–Trinajstić information content (AvgIpc) is 3.69. The van der Waals surface area contributed by atoms with E-state index >= 15 is 0 Å². The van der Waals surface area contributed by atoms with Crippen molar-refractivity contribution < 1.29 is 0 Å². The highest BCUT2D eigenvalue weighted by Crippen LogP contribution is 2.45. The second-order valence-electron chi connectivity index (χ2n) is 11.7. The Morgan fingerprint density at radius 1 is 0.533 bits per heavy atom. The topological polar surface area (TPSA) is 3.24 Å². The Morgan fingerprint density at radius 3 is 1.87 bits per heavy atom. The zero-order valence-corrected chi connectivity index (χ0v) is 26.2. The summed E-state index contributed by atoms with van der Waals surface area (Å²) >= 11 is 3.77. The van der Waals surface area contributed by atoms with Gasteiger partial charge in [-0.3, -0.25) is 0 Å². The van der Waals surface area contributed by atoms with Crippen LogP contribution in [-0.2, 0) is 0 Å². The number of anilines is 2. The van der Waals surface area contributed by atoms with E-state index in [1.165, 1.54) is 74.1 Å². The lowest BCUT2D eigenvalue weighted by molar-refractivity contribution is 0.840. The molecule has 45 heavy (non-hydrogen) atoms. The van der Waals surface area contributed by atoms with Crippen molar-refractivity contribution in [2.75, 3.05) is 4.90 Å². The zero-order chi connectivity index (χ0) is 29.7. The lowest BCUT2D eigenvalue weighted by Gasteiger charge is -2.29. The molecule has 6 aromatic carbocycles. The summed E-state index contributed by atoms with van der Waals surface area (Å²) in [7, 11) is 0. The molecule has 0 saturated carbocycles. The minimum atomic E-state index is 0.390. The monoisotopic (exact) mass is 611 g/mol. The molecule has 1 aliphatic rings. The van der Waals surface area contributed by atoms with Gasteiger partial charge in [-0.25, -0.2) is 0 Å². The highest BCUT2D eigenvalue weighted by atomic mass is 32.1. The Kier molecular flexibility index (Phi) is 6.40. The molecule has 0 amide bonds. The van der Waals surface area contributed by atoms with Gasteiger partial charge in [0.2, 0.25) is 0 Å². The maximum absolute atomic E-state index is 2.46. The van der Waals surface area contributed by atoms with Crippen LogP contribution in [0.15, 0.2) is 163 Å². The molecule has 1 unspecified atom stereocenters. The molecule has 1 aliphatic carbocycles. The van der Waals surface area contributed by atoms with Gasteiger partial charge in [0.05, 0.1) is 10.4 Å². The van der Waals surface area contributed by atoms with E-state index in [1.807, 2.05) is 22.7 Å². The summed E-state index contributed by atoms with van der Waals surface area (Å²) in [5.41, 5.74) is 7.51. The first kappa shape index (κ1) is 26.4. The number of hydrogen-bond donors (Lipinski definition) is 0. The number of fused-ring (bicyclic) bond motifs is 6. The van der Waals surface area contributed by atoms with Gasteiger partial charge in [0.25, 0.3) is 0 Å². The standard InChI is InChI=1S/C42H29NS2/c1-2-10-28(11-3-1)29-20-24-31(25-21-29)43(38-17-9-16-37-35-13-5-7-19-40(35)45-42(37)38)32-26-22-30(23-27-32)33-14-8-15-36-34-12-4-6-18-39(34)44-41(33)36/h1-20,22-27,29H,21H2. The molecular formula is C42H29NS2. The second-order valence-corrected chi connectivity index (χ2v) is 13.8. The second kappa shape index (κ2) is 10.9. The fourth-order valence-corrected chi connectivity index (χ4v) is 9.27. The van der Waals surface area contributed by atoms with Crippen LogP contribution in [0.5, 0.6) is 0 Å². The van der Waals surface area contributed by atoms with E-state index in [9.17, 15) is 0 Å². The molecule has 0 spiro atoms. The lowest BCUT2D eigenvalue weighted by Crippen LogP contribution is -2.17. The lowest BCUT2D eigenvalue weighted by atomic mass is 9.91. The quantitative estimate of drug-likeness (QED) is 0.187. The van der Waals surface area contributed by atoms with E-state index < -0.39 is 0 Å². The normalized spacial score (nSPS) is 14.8. The van der Waals surface area contributed by atoms with Crippen LogP contribution in [0.4, 0.5) is 11.4 Å². The number of allylic oxidation sites excluding steroid dienone is 3. The van der Waals surface area contributed by atoms with Crippen LogP contribution in [0.1, 0.15) is 17.9 Å². The van der Waals surface area contributed by atoms with Crippen molar-refractivity contribution in [1.82, 2.24) is 0 Å². The Labute approximate surface area is 270 Å². The molecule has 0 bridgehead atoms. The number of thiophene rings is 2. The molecule has 3 heteroatoms. The summed E-state index contributed by atoms with van der Waals surface area (Å²) in [6, 6.07) is 51.0. The SMILES string of the molecule is C1=CC(c2ccccc2)CC=C1N(c1ccc(-c2cccc3c2sc2ccccc23)cc1)c1cccc2c1sc1ccccc12. The molecule has 1 nitrogen and oxygen atoms in total. The first-order valence-corrected chi connectivity index (χ1v) is 17.1. The van der Waals surface area contributed by atoms with E-state index in [0.717, 1.165) is 6.42 Å². The fraction of sp³-hybridized carbons (Fsp3) is 0.0476.